The maximum Gasteiger partial charge on any atom is 0.150 e. The number of benzene rings is 4. The monoisotopic (exact) mass is 388 g/mol. The molecule has 0 heterocycles. The molecule has 0 aromatic heterocycles. The highest BCUT2D eigenvalue weighted by molar-refractivity contribution is 5.78. The van der Waals surface area contributed by atoms with Crippen molar-refractivity contribution in [3.8, 4) is 22.3 Å². The molecule has 0 saturated heterocycles. The van der Waals surface area contributed by atoms with Crippen LogP contribution in [0.3, 0.4) is 0 Å². The minimum Gasteiger partial charge on any atom is -0.298 e. The van der Waals surface area contributed by atoms with E-state index in [-0.39, 0.29) is 0 Å². The molecule has 0 aliphatic heterocycles. The summed E-state index contributed by atoms with van der Waals surface area (Å²) in [5, 5.41) is 0. The van der Waals surface area contributed by atoms with E-state index in [1.165, 1.54) is 0 Å². The lowest BCUT2D eigenvalue weighted by atomic mass is 10.0. The van der Waals surface area contributed by atoms with Crippen LogP contribution in [0.25, 0.3) is 34.4 Å². The van der Waals surface area contributed by atoms with Crippen LogP contribution in [0.1, 0.15) is 31.8 Å². The molecule has 30 heavy (non-hydrogen) atoms. The lowest BCUT2D eigenvalue weighted by Gasteiger charge is -2.04. The van der Waals surface area contributed by atoms with Crippen molar-refractivity contribution in [1.82, 2.24) is 0 Å². The van der Waals surface area contributed by atoms with E-state index in [9.17, 15) is 9.59 Å². The number of rotatable bonds is 6. The normalized spacial score (nSPS) is 10.8. The van der Waals surface area contributed by atoms with Crippen LogP contribution in [-0.4, -0.2) is 12.6 Å². The summed E-state index contributed by atoms with van der Waals surface area (Å²) in [4.78, 5) is 21.6. The van der Waals surface area contributed by atoms with Gasteiger partial charge in [-0.2, -0.15) is 0 Å². The first-order chi connectivity index (χ1) is 14.7. The molecule has 0 radical (unpaired) electrons. The lowest BCUT2D eigenvalue weighted by Crippen LogP contribution is -1.82. The molecule has 0 bridgehead atoms. The quantitative estimate of drug-likeness (QED) is 0.268. The van der Waals surface area contributed by atoms with Gasteiger partial charge in [0.15, 0.2) is 0 Å². The number of carbonyl (C=O) groups is 2. The van der Waals surface area contributed by atoms with E-state index < -0.39 is 0 Å². The smallest absolute Gasteiger partial charge is 0.150 e. The maximum atomic E-state index is 10.8. The highest BCUT2D eigenvalue weighted by Crippen LogP contribution is 2.22. The van der Waals surface area contributed by atoms with Gasteiger partial charge >= 0.3 is 0 Å². The molecule has 0 amide bonds. The van der Waals surface area contributed by atoms with Crippen molar-refractivity contribution < 1.29 is 9.59 Å². The van der Waals surface area contributed by atoms with Gasteiger partial charge in [-0.1, -0.05) is 109 Å². The zero-order valence-electron chi connectivity index (χ0n) is 16.4. The molecule has 0 fully saturated rings. The van der Waals surface area contributed by atoms with E-state index in [0.29, 0.717) is 11.1 Å². The van der Waals surface area contributed by atoms with Crippen LogP contribution in [0.15, 0.2) is 97.1 Å². The summed E-state index contributed by atoms with van der Waals surface area (Å²) in [6, 6.07) is 31.8. The molecule has 2 heteroatoms. The average molecular weight is 388 g/mol. The standard InChI is InChI=1S/C28H20O2/c29-19-23-7-15-27(16-8-23)25-11-3-21(4-12-25)1-2-22-5-13-26(14-6-22)28-17-9-24(20-30)10-18-28/h1-20H/b2-1+. The fourth-order valence-electron chi connectivity index (χ4n) is 3.27. The fourth-order valence-corrected chi connectivity index (χ4v) is 3.27. The first-order valence-electron chi connectivity index (χ1n) is 9.74. The van der Waals surface area contributed by atoms with Crippen LogP contribution in [-0.2, 0) is 0 Å². The Balaban J connectivity index is 1.45. The molecular weight excluding hydrogens is 368 g/mol. The molecule has 2 nitrogen and oxygen atoms in total. The first-order valence-corrected chi connectivity index (χ1v) is 9.74. The Hall–Kier alpha value is -4.04. The van der Waals surface area contributed by atoms with Gasteiger partial charge in [0.1, 0.15) is 12.6 Å². The van der Waals surface area contributed by atoms with Gasteiger partial charge in [-0.3, -0.25) is 9.59 Å². The molecule has 0 aliphatic rings. The lowest BCUT2D eigenvalue weighted by molar-refractivity contribution is 0.111. The van der Waals surface area contributed by atoms with Gasteiger partial charge in [0.25, 0.3) is 0 Å². The predicted molar refractivity (Wildman–Crippen MR) is 123 cm³/mol. The number of hydrogen-bond donors (Lipinski definition) is 0. The first kappa shape index (κ1) is 19.3. The molecule has 0 spiro atoms. The second kappa shape index (κ2) is 8.97. The van der Waals surface area contributed by atoms with Gasteiger partial charge in [0.2, 0.25) is 0 Å². The largest absolute Gasteiger partial charge is 0.298 e. The van der Waals surface area contributed by atoms with E-state index in [1.807, 2.05) is 48.5 Å². The SMILES string of the molecule is O=Cc1ccc(-c2ccc(/C=C/c3ccc(-c4ccc(C=O)cc4)cc3)cc2)cc1. The summed E-state index contributed by atoms with van der Waals surface area (Å²) < 4.78 is 0. The highest BCUT2D eigenvalue weighted by atomic mass is 16.1. The second-order valence-electron chi connectivity index (χ2n) is 7.06. The molecule has 0 atom stereocenters. The molecule has 0 unspecified atom stereocenters. The van der Waals surface area contributed by atoms with Crippen molar-refractivity contribution in [3.63, 3.8) is 0 Å². The molecule has 0 N–H and O–H groups in total. The fraction of sp³-hybridized carbons (Fsp3) is 0. The Morgan fingerprint density at radius 1 is 0.333 bits per heavy atom. The van der Waals surface area contributed by atoms with E-state index in [2.05, 4.69) is 60.7 Å². The highest BCUT2D eigenvalue weighted by Gasteiger charge is 1.99. The Morgan fingerprint density at radius 2 is 0.567 bits per heavy atom. The van der Waals surface area contributed by atoms with E-state index in [4.69, 9.17) is 0 Å². The zero-order valence-corrected chi connectivity index (χ0v) is 16.4. The van der Waals surface area contributed by atoms with Crippen molar-refractivity contribution >= 4 is 24.7 Å². The Kier molecular flexibility index (Phi) is 5.77. The van der Waals surface area contributed by atoms with Crippen LogP contribution < -0.4 is 0 Å². The van der Waals surface area contributed by atoms with Gasteiger partial charge in [0, 0.05) is 11.1 Å². The van der Waals surface area contributed by atoms with Gasteiger partial charge in [-0.25, -0.2) is 0 Å². The molecule has 4 aromatic carbocycles. The number of hydrogen-bond acceptors (Lipinski definition) is 2. The van der Waals surface area contributed by atoms with Crippen molar-refractivity contribution in [2.24, 2.45) is 0 Å². The second-order valence-corrected chi connectivity index (χ2v) is 7.06. The average Bonchev–Trinajstić information content (AvgIpc) is 2.83. The minimum atomic E-state index is 0.683. The van der Waals surface area contributed by atoms with Crippen molar-refractivity contribution in [3.05, 3.63) is 119 Å². The van der Waals surface area contributed by atoms with Crippen molar-refractivity contribution in [1.29, 1.82) is 0 Å². The number of carbonyl (C=O) groups excluding carboxylic acids is 2. The van der Waals surface area contributed by atoms with Gasteiger partial charge in [-0.05, 0) is 33.4 Å². The Labute approximate surface area is 176 Å². The van der Waals surface area contributed by atoms with Crippen molar-refractivity contribution in [2.45, 2.75) is 0 Å². The van der Waals surface area contributed by atoms with Crippen LogP contribution in [0, 0.1) is 0 Å². The Morgan fingerprint density at radius 3 is 0.800 bits per heavy atom. The maximum absolute atomic E-state index is 10.8. The minimum absolute atomic E-state index is 0.683. The zero-order chi connectivity index (χ0) is 20.8. The number of aldehydes is 2. The Bertz CT molecular complexity index is 1070. The molecule has 4 rings (SSSR count). The van der Waals surface area contributed by atoms with Crippen molar-refractivity contribution in [2.75, 3.05) is 0 Å². The third kappa shape index (κ3) is 4.50. The summed E-state index contributed by atoms with van der Waals surface area (Å²) in [7, 11) is 0. The molecule has 144 valence electrons. The topological polar surface area (TPSA) is 34.1 Å². The van der Waals surface area contributed by atoms with E-state index in [0.717, 1.165) is 46.0 Å². The van der Waals surface area contributed by atoms with Crippen LogP contribution in [0.5, 0.6) is 0 Å². The van der Waals surface area contributed by atoms with Crippen LogP contribution in [0.4, 0.5) is 0 Å². The summed E-state index contributed by atoms with van der Waals surface area (Å²) in [6.07, 6.45) is 5.89. The van der Waals surface area contributed by atoms with Gasteiger partial charge in [-0.15, -0.1) is 0 Å². The van der Waals surface area contributed by atoms with Crippen LogP contribution >= 0.6 is 0 Å². The summed E-state index contributed by atoms with van der Waals surface area (Å²) in [5.41, 5.74) is 8.03. The molecular formula is C28H20O2. The van der Waals surface area contributed by atoms with E-state index in [1.54, 1.807) is 0 Å². The predicted octanol–water partition coefficient (Wildman–Crippen LogP) is 6.82. The summed E-state index contributed by atoms with van der Waals surface area (Å²) in [5.74, 6) is 0. The third-order valence-electron chi connectivity index (χ3n) is 5.05. The van der Waals surface area contributed by atoms with Gasteiger partial charge in [0.05, 0.1) is 0 Å². The molecule has 0 saturated carbocycles. The third-order valence-corrected chi connectivity index (χ3v) is 5.05. The van der Waals surface area contributed by atoms with Crippen LogP contribution in [0.2, 0.25) is 0 Å². The molecule has 0 aliphatic carbocycles. The summed E-state index contributed by atoms with van der Waals surface area (Å²) in [6.45, 7) is 0. The van der Waals surface area contributed by atoms with E-state index >= 15 is 0 Å². The van der Waals surface area contributed by atoms with Gasteiger partial charge < -0.3 is 0 Å². The molecule has 4 aromatic rings. The summed E-state index contributed by atoms with van der Waals surface area (Å²) >= 11 is 0.